The van der Waals surface area contributed by atoms with Gasteiger partial charge in [0, 0.05) is 24.5 Å². The molecule has 0 spiro atoms. The molecule has 0 saturated heterocycles. The first-order valence-electron chi connectivity index (χ1n) is 8.41. The van der Waals surface area contributed by atoms with E-state index in [1.165, 1.54) is 6.20 Å². The average Bonchev–Trinajstić information content (AvgIpc) is 3.19. The topological polar surface area (TPSA) is 92.7 Å². The van der Waals surface area contributed by atoms with Crippen molar-refractivity contribution in [2.45, 2.75) is 18.9 Å². The van der Waals surface area contributed by atoms with Gasteiger partial charge < -0.3 is 9.55 Å². The van der Waals surface area contributed by atoms with Crippen LogP contribution in [0.2, 0.25) is 0 Å². The summed E-state index contributed by atoms with van der Waals surface area (Å²) < 4.78 is 29.2. The smallest absolute Gasteiger partial charge is 0.280 e. The lowest BCUT2D eigenvalue weighted by atomic mass is 10.2. The molecule has 2 aromatic carbocycles. The SMILES string of the molecule is Cc1ccc2nc(-c3ccc(NS(=O)(=O)c4cn(C)c(C)n4)cc3)[nH]c2c1. The number of imidazole rings is 2. The molecule has 138 valence electrons. The summed E-state index contributed by atoms with van der Waals surface area (Å²) in [5.74, 6) is 1.37. The van der Waals surface area contributed by atoms with Crippen LogP contribution in [0.5, 0.6) is 0 Å². The van der Waals surface area contributed by atoms with Crippen molar-refractivity contribution in [2.24, 2.45) is 7.05 Å². The van der Waals surface area contributed by atoms with E-state index in [0.29, 0.717) is 11.5 Å². The van der Waals surface area contributed by atoms with Crippen LogP contribution in [0.15, 0.2) is 53.7 Å². The summed E-state index contributed by atoms with van der Waals surface area (Å²) in [5.41, 5.74) is 4.37. The molecule has 0 radical (unpaired) electrons. The molecule has 4 aromatic rings. The van der Waals surface area contributed by atoms with Gasteiger partial charge in [-0.1, -0.05) is 6.07 Å². The quantitative estimate of drug-likeness (QED) is 0.567. The van der Waals surface area contributed by atoms with Gasteiger partial charge in [-0.25, -0.2) is 9.97 Å². The minimum absolute atomic E-state index is 0.000712. The lowest BCUT2D eigenvalue weighted by Crippen LogP contribution is -2.13. The monoisotopic (exact) mass is 381 g/mol. The molecule has 0 saturated carbocycles. The maximum atomic E-state index is 12.5. The van der Waals surface area contributed by atoms with Crippen molar-refractivity contribution in [1.82, 2.24) is 19.5 Å². The molecule has 0 amide bonds. The van der Waals surface area contributed by atoms with Crippen LogP contribution in [0.3, 0.4) is 0 Å². The lowest BCUT2D eigenvalue weighted by Gasteiger charge is -2.06. The Balaban J connectivity index is 1.59. The molecule has 0 unspecified atom stereocenters. The summed E-state index contributed by atoms with van der Waals surface area (Å²) in [7, 11) is -1.97. The zero-order valence-electron chi connectivity index (χ0n) is 15.2. The third kappa shape index (κ3) is 3.31. The summed E-state index contributed by atoms with van der Waals surface area (Å²) >= 11 is 0. The molecule has 0 bridgehead atoms. The number of nitrogens with zero attached hydrogens (tertiary/aromatic N) is 3. The summed E-state index contributed by atoms with van der Waals surface area (Å²) in [5, 5.41) is -0.000712. The molecule has 2 heterocycles. The Hall–Kier alpha value is -3.13. The molecule has 0 aliphatic carbocycles. The van der Waals surface area contributed by atoms with Gasteiger partial charge in [0.1, 0.15) is 11.6 Å². The van der Waals surface area contributed by atoms with Crippen molar-refractivity contribution in [2.75, 3.05) is 4.72 Å². The largest absolute Gasteiger partial charge is 0.338 e. The number of aromatic amines is 1. The molecule has 0 fully saturated rings. The molecule has 27 heavy (non-hydrogen) atoms. The van der Waals surface area contributed by atoms with E-state index in [1.54, 1.807) is 30.7 Å². The maximum Gasteiger partial charge on any atom is 0.280 e. The number of H-pyrrole nitrogens is 1. The van der Waals surface area contributed by atoms with Crippen molar-refractivity contribution in [1.29, 1.82) is 0 Å². The third-order valence-corrected chi connectivity index (χ3v) is 5.66. The molecule has 0 atom stereocenters. The Morgan fingerprint density at radius 3 is 2.44 bits per heavy atom. The highest BCUT2D eigenvalue weighted by atomic mass is 32.2. The van der Waals surface area contributed by atoms with Crippen molar-refractivity contribution < 1.29 is 8.42 Å². The van der Waals surface area contributed by atoms with Crippen LogP contribution in [0, 0.1) is 13.8 Å². The van der Waals surface area contributed by atoms with Crippen LogP contribution < -0.4 is 4.72 Å². The number of nitrogens with one attached hydrogen (secondary N) is 2. The van der Waals surface area contributed by atoms with Gasteiger partial charge in [0.25, 0.3) is 10.0 Å². The molecule has 8 heteroatoms. The minimum Gasteiger partial charge on any atom is -0.338 e. The predicted molar refractivity (Wildman–Crippen MR) is 105 cm³/mol. The lowest BCUT2D eigenvalue weighted by molar-refractivity contribution is 0.598. The van der Waals surface area contributed by atoms with Crippen LogP contribution in [0.25, 0.3) is 22.4 Å². The van der Waals surface area contributed by atoms with E-state index in [1.807, 2.05) is 37.3 Å². The highest BCUT2D eigenvalue weighted by molar-refractivity contribution is 7.92. The van der Waals surface area contributed by atoms with E-state index >= 15 is 0 Å². The zero-order chi connectivity index (χ0) is 19.2. The van der Waals surface area contributed by atoms with Crippen molar-refractivity contribution in [3.05, 3.63) is 60.0 Å². The molecular weight excluding hydrogens is 362 g/mol. The van der Waals surface area contributed by atoms with Gasteiger partial charge in [0.2, 0.25) is 0 Å². The number of fused-ring (bicyclic) bond motifs is 1. The van der Waals surface area contributed by atoms with Crippen LogP contribution >= 0.6 is 0 Å². The fourth-order valence-corrected chi connectivity index (χ4v) is 3.92. The van der Waals surface area contributed by atoms with Crippen molar-refractivity contribution in [3.8, 4) is 11.4 Å². The number of hydrogen-bond donors (Lipinski definition) is 2. The number of benzene rings is 2. The molecular formula is C19H19N5O2S. The normalized spacial score (nSPS) is 11.8. The number of aromatic nitrogens is 4. The second-order valence-corrected chi connectivity index (χ2v) is 8.16. The second-order valence-electron chi connectivity index (χ2n) is 6.53. The zero-order valence-corrected chi connectivity index (χ0v) is 16.0. The number of hydrogen-bond acceptors (Lipinski definition) is 4. The van der Waals surface area contributed by atoms with Gasteiger partial charge in [0.05, 0.1) is 11.0 Å². The Bertz CT molecular complexity index is 1220. The number of aryl methyl sites for hydroxylation is 3. The first kappa shape index (κ1) is 17.3. The van der Waals surface area contributed by atoms with E-state index in [2.05, 4.69) is 19.7 Å². The Labute approximate surface area is 157 Å². The summed E-state index contributed by atoms with van der Waals surface area (Å²) in [6, 6.07) is 13.1. The summed E-state index contributed by atoms with van der Waals surface area (Å²) in [6.07, 6.45) is 1.49. The van der Waals surface area contributed by atoms with Gasteiger partial charge in [-0.05, 0) is 55.8 Å². The van der Waals surface area contributed by atoms with E-state index in [9.17, 15) is 8.42 Å². The Morgan fingerprint density at radius 1 is 1.04 bits per heavy atom. The fourth-order valence-electron chi connectivity index (χ4n) is 2.82. The molecule has 2 N–H and O–H groups in total. The predicted octanol–water partition coefficient (Wildman–Crippen LogP) is 3.38. The first-order valence-corrected chi connectivity index (χ1v) is 9.90. The van der Waals surface area contributed by atoms with Gasteiger partial charge in [-0.3, -0.25) is 4.72 Å². The van der Waals surface area contributed by atoms with Crippen LogP contribution in [0.4, 0.5) is 5.69 Å². The number of anilines is 1. The summed E-state index contributed by atoms with van der Waals surface area (Å²) in [4.78, 5) is 11.9. The molecule has 0 aliphatic rings. The van der Waals surface area contributed by atoms with E-state index in [-0.39, 0.29) is 5.03 Å². The van der Waals surface area contributed by atoms with E-state index in [0.717, 1.165) is 28.0 Å². The maximum absolute atomic E-state index is 12.5. The Kier molecular flexibility index (Phi) is 4.00. The first-order chi connectivity index (χ1) is 12.8. The molecule has 0 aliphatic heterocycles. The minimum atomic E-state index is -3.72. The molecule has 7 nitrogen and oxygen atoms in total. The van der Waals surface area contributed by atoms with Crippen LogP contribution in [-0.2, 0) is 17.1 Å². The standard InChI is InChI=1S/C19H19N5O2S/c1-12-4-9-16-17(10-12)22-19(21-16)14-5-7-15(8-6-14)23-27(25,26)18-11-24(3)13(2)20-18/h4-11,23H,1-3H3,(H,21,22). The number of sulfonamides is 1. The van der Waals surface area contributed by atoms with E-state index < -0.39 is 10.0 Å². The van der Waals surface area contributed by atoms with Crippen molar-refractivity contribution >= 4 is 26.7 Å². The van der Waals surface area contributed by atoms with Crippen LogP contribution in [0.1, 0.15) is 11.4 Å². The van der Waals surface area contributed by atoms with Crippen LogP contribution in [-0.4, -0.2) is 27.9 Å². The average molecular weight is 381 g/mol. The van der Waals surface area contributed by atoms with Gasteiger partial charge in [-0.2, -0.15) is 8.42 Å². The fraction of sp³-hybridized carbons (Fsp3) is 0.158. The van der Waals surface area contributed by atoms with Gasteiger partial charge >= 0.3 is 0 Å². The second kappa shape index (κ2) is 6.24. The van der Waals surface area contributed by atoms with Crippen molar-refractivity contribution in [3.63, 3.8) is 0 Å². The highest BCUT2D eigenvalue weighted by Crippen LogP contribution is 2.23. The number of rotatable bonds is 4. The Morgan fingerprint density at radius 2 is 1.78 bits per heavy atom. The molecule has 4 rings (SSSR count). The van der Waals surface area contributed by atoms with Gasteiger partial charge in [-0.15, -0.1) is 0 Å². The van der Waals surface area contributed by atoms with E-state index in [4.69, 9.17) is 0 Å². The summed E-state index contributed by atoms with van der Waals surface area (Å²) in [6.45, 7) is 3.78. The molecule has 2 aromatic heterocycles. The highest BCUT2D eigenvalue weighted by Gasteiger charge is 2.18. The third-order valence-electron chi connectivity index (χ3n) is 4.41. The van der Waals surface area contributed by atoms with Gasteiger partial charge in [0.15, 0.2) is 5.03 Å².